The van der Waals surface area contributed by atoms with Gasteiger partial charge in [0.1, 0.15) is 0 Å². The van der Waals surface area contributed by atoms with E-state index in [4.69, 9.17) is 0 Å². The predicted molar refractivity (Wildman–Crippen MR) is 108 cm³/mol. The maximum absolute atomic E-state index is 12.4. The lowest BCUT2D eigenvalue weighted by Crippen LogP contribution is -2.64. The van der Waals surface area contributed by atoms with Crippen molar-refractivity contribution in [1.82, 2.24) is 10.6 Å². The molecule has 0 spiro atoms. The summed E-state index contributed by atoms with van der Waals surface area (Å²) in [5.74, 6) is 2.90. The Bertz CT molecular complexity index is 593. The van der Waals surface area contributed by atoms with Crippen molar-refractivity contribution in [3.05, 3.63) is 0 Å². The van der Waals surface area contributed by atoms with Crippen LogP contribution < -0.4 is 10.6 Å². The SMILES string of the molecule is CSC1C[C@@]2(C)C(CC[C@@H]3[C@H]2CC[C@]2(C)C(NC4CC4)CC[C@@H]32)NC1=O. The van der Waals surface area contributed by atoms with Crippen molar-refractivity contribution in [3.63, 3.8) is 0 Å². The van der Waals surface area contributed by atoms with Crippen LogP contribution in [0.4, 0.5) is 0 Å². The van der Waals surface area contributed by atoms with Crippen LogP contribution in [0.2, 0.25) is 0 Å². The van der Waals surface area contributed by atoms with Crippen LogP contribution in [0.1, 0.15) is 71.6 Å². The molecule has 0 aromatic heterocycles. The van der Waals surface area contributed by atoms with Crippen molar-refractivity contribution in [2.75, 3.05) is 6.26 Å². The molecule has 5 fully saturated rings. The molecule has 4 saturated carbocycles. The van der Waals surface area contributed by atoms with Crippen LogP contribution in [0, 0.1) is 28.6 Å². The van der Waals surface area contributed by atoms with E-state index in [1.54, 1.807) is 11.8 Å². The number of carbonyl (C=O) groups is 1. The number of rotatable bonds is 3. The van der Waals surface area contributed by atoms with E-state index in [1.165, 1.54) is 51.4 Å². The van der Waals surface area contributed by atoms with E-state index >= 15 is 0 Å². The summed E-state index contributed by atoms with van der Waals surface area (Å²) in [5.41, 5.74) is 0.831. The van der Waals surface area contributed by atoms with Crippen molar-refractivity contribution in [2.24, 2.45) is 28.6 Å². The van der Waals surface area contributed by atoms with Gasteiger partial charge >= 0.3 is 0 Å². The number of hydrogen-bond acceptors (Lipinski definition) is 3. The fraction of sp³-hybridized carbons (Fsp3) is 0.955. The van der Waals surface area contributed by atoms with Gasteiger partial charge in [-0.15, -0.1) is 0 Å². The van der Waals surface area contributed by atoms with Gasteiger partial charge in [-0.1, -0.05) is 13.8 Å². The van der Waals surface area contributed by atoms with Crippen LogP contribution in [0.15, 0.2) is 0 Å². The number of hydrogen-bond donors (Lipinski definition) is 2. The quantitative estimate of drug-likeness (QED) is 0.783. The van der Waals surface area contributed by atoms with E-state index in [0.717, 1.165) is 36.3 Å². The molecule has 1 aliphatic heterocycles. The average molecular weight is 377 g/mol. The molecule has 5 rings (SSSR count). The predicted octanol–water partition coefficient (Wildman–Crippen LogP) is 3.97. The highest BCUT2D eigenvalue weighted by Crippen LogP contribution is 2.64. The van der Waals surface area contributed by atoms with Gasteiger partial charge in [0.25, 0.3) is 0 Å². The second-order valence-corrected chi connectivity index (χ2v) is 11.6. The third-order valence-corrected chi connectivity index (χ3v) is 10.4. The molecule has 0 bridgehead atoms. The van der Waals surface area contributed by atoms with Crippen molar-refractivity contribution in [2.45, 2.75) is 95.0 Å². The summed E-state index contributed by atoms with van der Waals surface area (Å²) in [5, 5.41) is 7.61. The van der Waals surface area contributed by atoms with E-state index < -0.39 is 0 Å². The van der Waals surface area contributed by atoms with Gasteiger partial charge < -0.3 is 10.6 Å². The monoisotopic (exact) mass is 376 g/mol. The maximum Gasteiger partial charge on any atom is 0.233 e. The van der Waals surface area contributed by atoms with Gasteiger partial charge in [0.05, 0.1) is 5.25 Å². The summed E-state index contributed by atoms with van der Waals surface area (Å²) < 4.78 is 0. The third kappa shape index (κ3) is 2.53. The molecule has 26 heavy (non-hydrogen) atoms. The standard InChI is InChI=1S/C22H36N2OS/c1-21-11-10-16-14(15(21)7-9-18(21)23-13-4-5-13)6-8-19-22(16,2)12-17(26-3)20(25)24-19/h13-19,23H,4-12H2,1-3H3,(H,24,25)/t14-,15-,16+,17?,18?,19?,21-,22+/m0/s1. The molecule has 4 heteroatoms. The van der Waals surface area contributed by atoms with Gasteiger partial charge in [0.15, 0.2) is 0 Å². The van der Waals surface area contributed by atoms with Gasteiger partial charge in [-0.25, -0.2) is 0 Å². The van der Waals surface area contributed by atoms with Crippen molar-refractivity contribution in [1.29, 1.82) is 0 Å². The van der Waals surface area contributed by atoms with E-state index in [0.29, 0.717) is 22.8 Å². The van der Waals surface area contributed by atoms with Crippen LogP contribution >= 0.6 is 11.8 Å². The number of carbonyl (C=O) groups excluding carboxylic acids is 1. The third-order valence-electron chi connectivity index (χ3n) is 9.40. The second kappa shape index (κ2) is 6.14. The summed E-state index contributed by atoms with van der Waals surface area (Å²) in [4.78, 5) is 12.4. The Labute approximate surface area is 163 Å². The minimum absolute atomic E-state index is 0.163. The van der Waals surface area contributed by atoms with E-state index in [9.17, 15) is 4.79 Å². The van der Waals surface area contributed by atoms with Gasteiger partial charge in [0.2, 0.25) is 5.91 Å². The van der Waals surface area contributed by atoms with Crippen molar-refractivity contribution in [3.8, 4) is 0 Å². The molecular formula is C22H36N2OS. The van der Waals surface area contributed by atoms with Gasteiger partial charge in [-0.3, -0.25) is 4.79 Å². The zero-order chi connectivity index (χ0) is 18.1. The minimum atomic E-state index is 0.163. The summed E-state index contributed by atoms with van der Waals surface area (Å²) in [6, 6.07) is 2.01. The molecule has 3 unspecified atom stereocenters. The molecule has 1 amide bonds. The molecule has 0 aromatic carbocycles. The molecule has 8 atom stereocenters. The summed E-state index contributed by atoms with van der Waals surface area (Å²) in [6.07, 6.45) is 14.2. The van der Waals surface area contributed by atoms with E-state index in [-0.39, 0.29) is 5.25 Å². The molecular weight excluding hydrogens is 340 g/mol. The largest absolute Gasteiger partial charge is 0.352 e. The average Bonchev–Trinajstić information content (AvgIpc) is 3.37. The first-order valence-corrected chi connectivity index (χ1v) is 12.3. The highest BCUT2D eigenvalue weighted by atomic mass is 32.2. The first-order chi connectivity index (χ1) is 12.5. The second-order valence-electron chi connectivity index (χ2n) is 10.6. The molecule has 0 aromatic rings. The lowest BCUT2D eigenvalue weighted by atomic mass is 9.47. The Kier molecular flexibility index (Phi) is 4.21. The highest BCUT2D eigenvalue weighted by molar-refractivity contribution is 7.99. The molecule has 5 aliphatic rings. The van der Waals surface area contributed by atoms with Gasteiger partial charge in [0, 0.05) is 18.1 Å². The lowest BCUT2D eigenvalue weighted by Gasteiger charge is -2.61. The molecule has 0 radical (unpaired) electrons. The van der Waals surface area contributed by atoms with Crippen molar-refractivity contribution < 1.29 is 4.79 Å². The molecule has 146 valence electrons. The van der Waals surface area contributed by atoms with Gasteiger partial charge in [-0.05, 0) is 92.6 Å². The molecule has 3 nitrogen and oxygen atoms in total. The summed E-state index contributed by atoms with van der Waals surface area (Å²) >= 11 is 1.76. The fourth-order valence-electron chi connectivity index (χ4n) is 7.74. The summed E-state index contributed by atoms with van der Waals surface area (Å²) in [7, 11) is 0. The molecule has 4 aliphatic carbocycles. The number of fused-ring (bicyclic) bond motifs is 5. The Hall–Kier alpha value is -0.220. The number of nitrogens with one attached hydrogen (secondary N) is 2. The Morgan fingerprint density at radius 1 is 1.00 bits per heavy atom. The van der Waals surface area contributed by atoms with E-state index in [1.807, 2.05) is 0 Å². The number of amides is 1. The Balaban J connectivity index is 1.39. The van der Waals surface area contributed by atoms with Crippen LogP contribution in [-0.2, 0) is 4.79 Å². The van der Waals surface area contributed by atoms with Crippen molar-refractivity contribution >= 4 is 17.7 Å². The topological polar surface area (TPSA) is 41.1 Å². The van der Waals surface area contributed by atoms with E-state index in [2.05, 4.69) is 30.7 Å². The summed E-state index contributed by atoms with van der Waals surface area (Å²) in [6.45, 7) is 5.14. The molecule has 1 heterocycles. The Morgan fingerprint density at radius 3 is 2.50 bits per heavy atom. The molecule has 2 N–H and O–H groups in total. The fourth-order valence-corrected chi connectivity index (χ4v) is 8.55. The smallest absolute Gasteiger partial charge is 0.233 e. The Morgan fingerprint density at radius 2 is 1.77 bits per heavy atom. The van der Waals surface area contributed by atoms with Crippen LogP contribution in [0.25, 0.3) is 0 Å². The zero-order valence-corrected chi connectivity index (χ0v) is 17.5. The number of piperidine rings is 1. The van der Waals surface area contributed by atoms with Crippen LogP contribution in [0.5, 0.6) is 0 Å². The van der Waals surface area contributed by atoms with Gasteiger partial charge in [-0.2, -0.15) is 11.8 Å². The van der Waals surface area contributed by atoms with Crippen LogP contribution in [-0.4, -0.2) is 35.5 Å². The zero-order valence-electron chi connectivity index (χ0n) is 16.7. The highest BCUT2D eigenvalue weighted by Gasteiger charge is 2.61. The lowest BCUT2D eigenvalue weighted by molar-refractivity contribution is -0.135. The molecule has 1 saturated heterocycles. The normalized spacial score (nSPS) is 53.4. The maximum atomic E-state index is 12.4. The first kappa shape index (κ1) is 17.8. The number of thioether (sulfide) groups is 1. The first-order valence-electron chi connectivity index (χ1n) is 11.0. The minimum Gasteiger partial charge on any atom is -0.352 e. The van der Waals surface area contributed by atoms with Crippen LogP contribution in [0.3, 0.4) is 0 Å².